The number of hydrogen-bond donors (Lipinski definition) is 1. The van der Waals surface area contributed by atoms with Crippen LogP contribution in [0.2, 0.25) is 0 Å². The van der Waals surface area contributed by atoms with Gasteiger partial charge in [0.05, 0.1) is 12.3 Å². The Hall–Kier alpha value is -0.650. The highest BCUT2D eigenvalue weighted by molar-refractivity contribution is 7.15. The van der Waals surface area contributed by atoms with Gasteiger partial charge in [-0.1, -0.05) is 25.7 Å². The van der Waals surface area contributed by atoms with E-state index in [4.69, 9.17) is 9.72 Å². The van der Waals surface area contributed by atoms with Crippen molar-refractivity contribution in [2.75, 3.05) is 26.1 Å². The summed E-state index contributed by atoms with van der Waals surface area (Å²) in [6, 6.07) is 0.654. The van der Waals surface area contributed by atoms with E-state index < -0.39 is 0 Å². The molecule has 1 aliphatic carbocycles. The molecule has 1 aromatic rings. The summed E-state index contributed by atoms with van der Waals surface area (Å²) in [5.41, 5.74) is 1.09. The van der Waals surface area contributed by atoms with Crippen molar-refractivity contribution in [2.24, 2.45) is 0 Å². The minimum atomic E-state index is 0.603. The van der Waals surface area contributed by atoms with Crippen molar-refractivity contribution in [1.29, 1.82) is 0 Å². The number of nitrogens with one attached hydrogen (secondary N) is 1. The molecule has 0 amide bonds. The molecule has 2 rings (SSSR count). The lowest BCUT2D eigenvalue weighted by atomic mass is 10.1. The second kappa shape index (κ2) is 7.96. The maximum Gasteiger partial charge on any atom is 0.185 e. The standard InChI is InChI=1S/C15H27N3OS/c1-16-10-14-13(11-19-3)17-15(20-14)18(2)12-8-6-4-5-7-9-12/h12,16H,4-11H2,1-3H3. The topological polar surface area (TPSA) is 37.4 Å². The zero-order valence-corrected chi connectivity index (χ0v) is 13.8. The summed E-state index contributed by atoms with van der Waals surface area (Å²) in [5.74, 6) is 0. The summed E-state index contributed by atoms with van der Waals surface area (Å²) in [5, 5.41) is 4.37. The molecule has 1 saturated carbocycles. The third-order valence-electron chi connectivity index (χ3n) is 4.06. The molecule has 0 saturated heterocycles. The Morgan fingerprint density at radius 1 is 1.30 bits per heavy atom. The Bertz CT molecular complexity index is 376. The van der Waals surface area contributed by atoms with E-state index in [1.54, 1.807) is 18.4 Å². The van der Waals surface area contributed by atoms with E-state index in [1.165, 1.54) is 43.4 Å². The van der Waals surface area contributed by atoms with Crippen LogP contribution < -0.4 is 10.2 Å². The van der Waals surface area contributed by atoms with Gasteiger partial charge in [0.25, 0.3) is 0 Å². The van der Waals surface area contributed by atoms with E-state index in [0.717, 1.165) is 17.4 Å². The third-order valence-corrected chi connectivity index (χ3v) is 5.25. The molecule has 0 aromatic carbocycles. The van der Waals surface area contributed by atoms with E-state index in [9.17, 15) is 0 Å². The first kappa shape index (κ1) is 15.7. The predicted molar refractivity (Wildman–Crippen MR) is 85.5 cm³/mol. The monoisotopic (exact) mass is 297 g/mol. The Morgan fingerprint density at radius 2 is 2.00 bits per heavy atom. The first-order valence-electron chi connectivity index (χ1n) is 7.61. The van der Waals surface area contributed by atoms with Gasteiger partial charge in [-0.05, 0) is 19.9 Å². The Balaban J connectivity index is 2.11. The van der Waals surface area contributed by atoms with Crippen LogP contribution in [0.3, 0.4) is 0 Å². The van der Waals surface area contributed by atoms with Crippen molar-refractivity contribution in [2.45, 2.75) is 57.7 Å². The average molecular weight is 297 g/mol. The first-order valence-corrected chi connectivity index (χ1v) is 8.43. The fourth-order valence-electron chi connectivity index (χ4n) is 2.87. The first-order chi connectivity index (χ1) is 9.76. The fraction of sp³-hybridized carbons (Fsp3) is 0.800. The number of anilines is 1. The quantitative estimate of drug-likeness (QED) is 0.818. The van der Waals surface area contributed by atoms with Gasteiger partial charge in [-0.3, -0.25) is 0 Å². The van der Waals surface area contributed by atoms with Gasteiger partial charge >= 0.3 is 0 Å². The molecule has 5 heteroatoms. The molecule has 0 aliphatic heterocycles. The number of aromatic nitrogens is 1. The van der Waals surface area contributed by atoms with Crippen molar-refractivity contribution in [3.63, 3.8) is 0 Å². The van der Waals surface area contributed by atoms with Crippen LogP contribution in [0.5, 0.6) is 0 Å². The number of rotatable bonds is 6. The summed E-state index contributed by atoms with van der Waals surface area (Å²) in [6.07, 6.45) is 8.10. The normalized spacial score (nSPS) is 17.1. The van der Waals surface area contributed by atoms with Crippen molar-refractivity contribution in [3.8, 4) is 0 Å². The number of methoxy groups -OCH3 is 1. The maximum absolute atomic E-state index is 5.27. The summed E-state index contributed by atoms with van der Waals surface area (Å²) < 4.78 is 5.27. The van der Waals surface area contributed by atoms with Crippen LogP contribution in [0.4, 0.5) is 5.13 Å². The average Bonchev–Trinajstić information content (AvgIpc) is 2.67. The highest BCUT2D eigenvalue weighted by Crippen LogP contribution is 2.31. The van der Waals surface area contributed by atoms with Crippen molar-refractivity contribution < 1.29 is 4.74 Å². The molecule has 0 radical (unpaired) electrons. The van der Waals surface area contributed by atoms with Gasteiger partial charge in [0.2, 0.25) is 0 Å². The van der Waals surface area contributed by atoms with Gasteiger partial charge in [-0.25, -0.2) is 4.98 Å². The number of nitrogens with zero attached hydrogens (tertiary/aromatic N) is 2. The molecule has 0 unspecified atom stereocenters. The highest BCUT2D eigenvalue weighted by Gasteiger charge is 2.21. The molecule has 4 nitrogen and oxygen atoms in total. The predicted octanol–water partition coefficient (Wildman–Crippen LogP) is 3.17. The van der Waals surface area contributed by atoms with E-state index in [2.05, 4.69) is 17.3 Å². The van der Waals surface area contributed by atoms with E-state index in [0.29, 0.717) is 12.6 Å². The Kier molecular flexibility index (Phi) is 6.26. The van der Waals surface area contributed by atoms with Crippen LogP contribution in [0.25, 0.3) is 0 Å². The number of thiazole rings is 1. The van der Waals surface area contributed by atoms with Crippen molar-refractivity contribution in [1.82, 2.24) is 10.3 Å². The molecule has 1 aromatic heterocycles. The van der Waals surface area contributed by atoms with Crippen LogP contribution in [-0.2, 0) is 17.9 Å². The molecule has 114 valence electrons. The summed E-state index contributed by atoms with van der Waals surface area (Å²) in [4.78, 5) is 8.50. The Labute approximate surface area is 126 Å². The maximum atomic E-state index is 5.27. The van der Waals surface area contributed by atoms with Crippen LogP contribution >= 0.6 is 11.3 Å². The van der Waals surface area contributed by atoms with Gasteiger partial charge < -0.3 is 15.0 Å². The molecule has 1 heterocycles. The third kappa shape index (κ3) is 3.93. The number of ether oxygens (including phenoxy) is 1. The molecule has 1 N–H and O–H groups in total. The SMILES string of the molecule is CNCc1sc(N(C)C2CCCCCC2)nc1COC. The van der Waals surface area contributed by atoms with Crippen LogP contribution in [0, 0.1) is 0 Å². The highest BCUT2D eigenvalue weighted by atomic mass is 32.1. The molecule has 0 spiro atoms. The van der Waals surface area contributed by atoms with Gasteiger partial charge in [-0.2, -0.15) is 0 Å². The zero-order valence-electron chi connectivity index (χ0n) is 12.9. The molecular formula is C15H27N3OS. The van der Waals surface area contributed by atoms with Gasteiger partial charge in [0.1, 0.15) is 0 Å². The molecular weight excluding hydrogens is 270 g/mol. The smallest absolute Gasteiger partial charge is 0.185 e. The summed E-state index contributed by atoms with van der Waals surface area (Å²) in [7, 11) is 5.91. The largest absolute Gasteiger partial charge is 0.378 e. The summed E-state index contributed by atoms with van der Waals surface area (Å²) >= 11 is 1.80. The van der Waals surface area contributed by atoms with Crippen molar-refractivity contribution >= 4 is 16.5 Å². The zero-order chi connectivity index (χ0) is 14.4. The van der Waals surface area contributed by atoms with Crippen LogP contribution in [0.15, 0.2) is 0 Å². The second-order valence-electron chi connectivity index (χ2n) is 5.59. The molecule has 0 atom stereocenters. The van der Waals surface area contributed by atoms with E-state index in [-0.39, 0.29) is 0 Å². The minimum absolute atomic E-state index is 0.603. The molecule has 0 bridgehead atoms. The summed E-state index contributed by atoms with van der Waals surface area (Å²) in [6.45, 7) is 1.47. The second-order valence-corrected chi connectivity index (χ2v) is 6.65. The van der Waals surface area contributed by atoms with Crippen LogP contribution in [-0.4, -0.2) is 32.2 Å². The Morgan fingerprint density at radius 3 is 2.60 bits per heavy atom. The van der Waals surface area contributed by atoms with Crippen LogP contribution in [0.1, 0.15) is 49.1 Å². The lowest BCUT2D eigenvalue weighted by Gasteiger charge is -2.26. The fourth-order valence-corrected chi connectivity index (χ4v) is 3.98. The van der Waals surface area contributed by atoms with Crippen molar-refractivity contribution in [3.05, 3.63) is 10.6 Å². The van der Waals surface area contributed by atoms with Gasteiger partial charge in [0.15, 0.2) is 5.13 Å². The van der Waals surface area contributed by atoms with E-state index >= 15 is 0 Å². The molecule has 1 fully saturated rings. The van der Waals surface area contributed by atoms with Gasteiger partial charge in [-0.15, -0.1) is 11.3 Å². The molecule has 20 heavy (non-hydrogen) atoms. The lowest BCUT2D eigenvalue weighted by Crippen LogP contribution is -2.30. The lowest BCUT2D eigenvalue weighted by molar-refractivity contribution is 0.181. The minimum Gasteiger partial charge on any atom is -0.378 e. The van der Waals surface area contributed by atoms with Gasteiger partial charge in [0, 0.05) is 31.6 Å². The van der Waals surface area contributed by atoms with E-state index in [1.807, 2.05) is 7.05 Å². The number of hydrogen-bond acceptors (Lipinski definition) is 5. The molecule has 1 aliphatic rings.